The van der Waals surface area contributed by atoms with E-state index in [2.05, 4.69) is 0 Å². The van der Waals surface area contributed by atoms with Gasteiger partial charge in [-0.2, -0.15) is 0 Å². The van der Waals surface area contributed by atoms with E-state index in [1.807, 2.05) is 12.1 Å². The molecule has 24 heavy (non-hydrogen) atoms. The summed E-state index contributed by atoms with van der Waals surface area (Å²) in [6.45, 7) is -0.0961. The van der Waals surface area contributed by atoms with E-state index in [9.17, 15) is 9.59 Å². The molecule has 0 saturated carbocycles. The first-order valence-electron chi connectivity index (χ1n) is 7.22. The molecule has 2 aromatic rings. The smallest absolute Gasteiger partial charge is 0.375 e. The van der Waals surface area contributed by atoms with Gasteiger partial charge in [0, 0.05) is 0 Å². The molecule has 0 aliphatic heterocycles. The van der Waals surface area contributed by atoms with Gasteiger partial charge in [-0.15, -0.1) is 0 Å². The number of esters is 1. The number of hydrogen-bond acceptors (Lipinski definition) is 6. The molecule has 0 radical (unpaired) electrons. The molecular formula is C18H16O6. The normalized spacial score (nSPS) is 9.67. The van der Waals surface area contributed by atoms with E-state index in [1.54, 1.807) is 54.5 Å². The molecule has 0 saturated heterocycles. The van der Waals surface area contributed by atoms with Crippen LogP contribution >= 0.6 is 0 Å². The average Bonchev–Trinajstić information content (AvgIpc) is 2.62. The van der Waals surface area contributed by atoms with Gasteiger partial charge in [-0.3, -0.25) is 0 Å². The zero-order chi connectivity index (χ0) is 17.0. The zero-order valence-electron chi connectivity index (χ0n) is 12.8. The van der Waals surface area contributed by atoms with Gasteiger partial charge in [0.05, 0.1) is 6.61 Å². The Hall–Kier alpha value is -3.08. The van der Waals surface area contributed by atoms with E-state index in [0.717, 1.165) is 0 Å². The largest absolute Gasteiger partial charge is 0.454 e. The van der Waals surface area contributed by atoms with Crippen LogP contribution in [0.1, 0.15) is 0 Å². The molecule has 0 fully saturated rings. The maximum absolute atomic E-state index is 11.5. The van der Waals surface area contributed by atoms with Crippen molar-refractivity contribution in [2.24, 2.45) is 0 Å². The molecule has 0 aromatic heterocycles. The molecule has 2 aromatic carbocycles. The number of rotatable bonds is 9. The van der Waals surface area contributed by atoms with Crippen molar-refractivity contribution in [1.82, 2.24) is 0 Å². The van der Waals surface area contributed by atoms with Crippen molar-refractivity contribution in [2.75, 3.05) is 19.8 Å². The minimum absolute atomic E-state index is 0.0377. The molecule has 0 spiro atoms. The highest BCUT2D eigenvalue weighted by atomic mass is 16.7. The van der Waals surface area contributed by atoms with E-state index in [4.69, 9.17) is 18.9 Å². The fraction of sp³-hybridized carbons (Fsp3) is 0.167. The molecule has 0 heterocycles. The first kappa shape index (κ1) is 17.3. The van der Waals surface area contributed by atoms with Crippen LogP contribution in [0.5, 0.6) is 11.5 Å². The Morgan fingerprint density at radius 3 is 2.00 bits per heavy atom. The van der Waals surface area contributed by atoms with Crippen molar-refractivity contribution in [1.29, 1.82) is 0 Å². The standard InChI is InChI=1S/C18H16O6/c19-13-18(24-16-9-5-2-6-10-16)22-12-11-21-14-17(20)23-15-7-3-1-4-8-15/h1-10H,11-12,14H2. The predicted octanol–water partition coefficient (Wildman–Crippen LogP) is 2.38. The van der Waals surface area contributed by atoms with Crippen LogP contribution in [0.15, 0.2) is 66.6 Å². The Kier molecular flexibility index (Phi) is 7.08. The van der Waals surface area contributed by atoms with E-state index in [0.29, 0.717) is 11.5 Å². The summed E-state index contributed by atoms with van der Waals surface area (Å²) in [6.07, 6.45) is 0. The van der Waals surface area contributed by atoms with Gasteiger partial charge in [0.15, 0.2) is 0 Å². The fourth-order valence-electron chi connectivity index (χ4n) is 1.67. The number of benzene rings is 2. The highest BCUT2D eigenvalue weighted by Crippen LogP contribution is 2.12. The second kappa shape index (κ2) is 9.84. The molecule has 0 bridgehead atoms. The number of hydrogen-bond donors (Lipinski definition) is 0. The van der Waals surface area contributed by atoms with Gasteiger partial charge in [-0.25, -0.2) is 9.59 Å². The lowest BCUT2D eigenvalue weighted by Gasteiger charge is -2.09. The molecule has 124 valence electrons. The molecule has 0 atom stereocenters. The molecule has 0 aliphatic carbocycles. The quantitative estimate of drug-likeness (QED) is 0.231. The second-order valence-corrected chi connectivity index (χ2v) is 4.49. The molecular weight excluding hydrogens is 312 g/mol. The summed E-state index contributed by atoms with van der Waals surface area (Å²) in [7, 11) is 0. The number of ether oxygens (including phenoxy) is 4. The SMILES string of the molecule is O=C=C(OCCOCC(=O)Oc1ccccc1)Oc1ccccc1. The van der Waals surface area contributed by atoms with Gasteiger partial charge in [0.25, 0.3) is 0 Å². The Morgan fingerprint density at radius 2 is 1.42 bits per heavy atom. The Morgan fingerprint density at radius 1 is 0.833 bits per heavy atom. The van der Waals surface area contributed by atoms with E-state index >= 15 is 0 Å². The van der Waals surface area contributed by atoms with Gasteiger partial charge < -0.3 is 18.9 Å². The van der Waals surface area contributed by atoms with Crippen LogP contribution in [0.4, 0.5) is 0 Å². The van der Waals surface area contributed by atoms with Crippen LogP contribution in [-0.4, -0.2) is 31.7 Å². The lowest BCUT2D eigenvalue weighted by molar-refractivity contribution is -0.139. The highest BCUT2D eigenvalue weighted by molar-refractivity contribution is 5.73. The number of para-hydroxylation sites is 2. The molecule has 2 rings (SSSR count). The third kappa shape index (κ3) is 6.36. The van der Waals surface area contributed by atoms with Crippen molar-refractivity contribution >= 4 is 11.9 Å². The first-order valence-corrected chi connectivity index (χ1v) is 7.22. The minimum atomic E-state index is -0.520. The Labute approximate surface area is 139 Å². The Balaban J connectivity index is 1.62. The summed E-state index contributed by atoms with van der Waals surface area (Å²) in [6, 6.07) is 17.4. The highest BCUT2D eigenvalue weighted by Gasteiger charge is 2.06. The summed E-state index contributed by atoms with van der Waals surface area (Å²) >= 11 is 0. The third-order valence-corrected chi connectivity index (χ3v) is 2.69. The molecule has 0 aliphatic rings. The van der Waals surface area contributed by atoms with Crippen molar-refractivity contribution in [3.8, 4) is 11.5 Å². The van der Waals surface area contributed by atoms with Crippen molar-refractivity contribution in [3.63, 3.8) is 0 Å². The summed E-state index contributed by atoms with van der Waals surface area (Å²) in [5.41, 5.74) is 0. The van der Waals surface area contributed by atoms with Crippen LogP contribution in [0.25, 0.3) is 0 Å². The molecule has 0 unspecified atom stereocenters. The maximum Gasteiger partial charge on any atom is 0.375 e. The van der Waals surface area contributed by atoms with Gasteiger partial charge in [0.1, 0.15) is 24.7 Å². The monoisotopic (exact) mass is 328 g/mol. The van der Waals surface area contributed by atoms with Crippen molar-refractivity contribution < 1.29 is 28.5 Å². The molecule has 6 heteroatoms. The first-order chi connectivity index (χ1) is 11.8. The zero-order valence-corrected chi connectivity index (χ0v) is 12.8. The van der Waals surface area contributed by atoms with Crippen molar-refractivity contribution in [2.45, 2.75) is 0 Å². The summed E-state index contributed by atoms with van der Waals surface area (Å²) in [4.78, 5) is 22.3. The molecule has 0 N–H and O–H groups in total. The number of carbonyl (C=O) groups is 1. The van der Waals surface area contributed by atoms with Crippen LogP contribution < -0.4 is 9.47 Å². The average molecular weight is 328 g/mol. The van der Waals surface area contributed by atoms with E-state index in [1.165, 1.54) is 0 Å². The third-order valence-electron chi connectivity index (χ3n) is 2.69. The lowest BCUT2D eigenvalue weighted by atomic mass is 10.3. The topological polar surface area (TPSA) is 71.1 Å². The Bertz CT molecular complexity index is 677. The molecule has 6 nitrogen and oxygen atoms in total. The van der Waals surface area contributed by atoms with Crippen LogP contribution in [0.3, 0.4) is 0 Å². The maximum atomic E-state index is 11.5. The van der Waals surface area contributed by atoms with Crippen LogP contribution in [0.2, 0.25) is 0 Å². The fourth-order valence-corrected chi connectivity index (χ4v) is 1.67. The summed E-state index contributed by atoms with van der Waals surface area (Å²) in [5.74, 6) is 1.65. The van der Waals surface area contributed by atoms with Gasteiger partial charge >= 0.3 is 11.9 Å². The van der Waals surface area contributed by atoms with Gasteiger partial charge in [0.2, 0.25) is 5.94 Å². The van der Waals surface area contributed by atoms with Gasteiger partial charge in [-0.1, -0.05) is 36.4 Å². The van der Waals surface area contributed by atoms with E-state index < -0.39 is 5.97 Å². The lowest BCUT2D eigenvalue weighted by Crippen LogP contribution is -2.18. The second-order valence-electron chi connectivity index (χ2n) is 4.49. The van der Waals surface area contributed by atoms with Crippen LogP contribution in [-0.2, 0) is 19.1 Å². The number of carbonyl (C=O) groups excluding carboxylic acids is 2. The van der Waals surface area contributed by atoms with Gasteiger partial charge in [-0.05, 0) is 24.3 Å². The minimum Gasteiger partial charge on any atom is -0.454 e. The summed E-state index contributed by atoms with van der Waals surface area (Å²) < 4.78 is 20.4. The van der Waals surface area contributed by atoms with Crippen molar-refractivity contribution in [3.05, 3.63) is 66.6 Å². The molecule has 0 amide bonds. The van der Waals surface area contributed by atoms with E-state index in [-0.39, 0.29) is 25.8 Å². The summed E-state index contributed by atoms with van der Waals surface area (Å²) in [5, 5.41) is 0. The van der Waals surface area contributed by atoms with Crippen LogP contribution in [0, 0.1) is 0 Å². The predicted molar refractivity (Wildman–Crippen MR) is 85.1 cm³/mol.